The highest BCUT2D eigenvalue weighted by Gasteiger charge is 2.12. The summed E-state index contributed by atoms with van der Waals surface area (Å²) in [6, 6.07) is 5.93. The number of hydrogen-bond acceptors (Lipinski definition) is 4. The first-order valence-corrected chi connectivity index (χ1v) is 6.72. The number of aromatic nitrogens is 2. The molecule has 2 N–H and O–H groups in total. The summed E-state index contributed by atoms with van der Waals surface area (Å²) in [6.07, 6.45) is 0. The maximum Gasteiger partial charge on any atom is 0.133 e. The molecule has 0 bridgehead atoms. The van der Waals surface area contributed by atoms with E-state index in [2.05, 4.69) is 29.9 Å². The van der Waals surface area contributed by atoms with Gasteiger partial charge < -0.3 is 10.5 Å². The third-order valence-electron chi connectivity index (χ3n) is 3.30. The SMILES string of the molecule is COc1cc(C)c(-c2cc(N)nc(C(C)C)n2)cc1C. The van der Waals surface area contributed by atoms with E-state index in [9.17, 15) is 0 Å². The monoisotopic (exact) mass is 271 g/mol. The number of nitrogens with zero attached hydrogens (tertiary/aromatic N) is 2. The largest absolute Gasteiger partial charge is 0.496 e. The molecule has 0 aliphatic carbocycles. The molecule has 4 nitrogen and oxygen atoms in total. The van der Waals surface area contributed by atoms with Gasteiger partial charge in [0.05, 0.1) is 12.8 Å². The summed E-state index contributed by atoms with van der Waals surface area (Å²) < 4.78 is 5.34. The molecule has 0 saturated heterocycles. The van der Waals surface area contributed by atoms with Crippen LogP contribution in [0.4, 0.5) is 5.82 Å². The average Bonchev–Trinajstić information content (AvgIpc) is 2.40. The number of ether oxygens (including phenoxy) is 1. The molecular formula is C16H21N3O. The van der Waals surface area contributed by atoms with E-state index < -0.39 is 0 Å². The Labute approximate surface area is 120 Å². The first-order chi connectivity index (χ1) is 9.42. The van der Waals surface area contributed by atoms with Gasteiger partial charge in [0.2, 0.25) is 0 Å². The molecule has 2 aromatic rings. The first-order valence-electron chi connectivity index (χ1n) is 6.72. The minimum absolute atomic E-state index is 0.247. The van der Waals surface area contributed by atoms with Crippen LogP contribution >= 0.6 is 0 Å². The van der Waals surface area contributed by atoms with E-state index in [0.29, 0.717) is 5.82 Å². The van der Waals surface area contributed by atoms with Crippen LogP contribution in [-0.2, 0) is 0 Å². The summed E-state index contributed by atoms with van der Waals surface area (Å²) in [6.45, 7) is 8.19. The van der Waals surface area contributed by atoms with Crippen LogP contribution in [0.1, 0.15) is 36.7 Å². The molecule has 0 fully saturated rings. The minimum Gasteiger partial charge on any atom is -0.496 e. The molecule has 2 rings (SSSR count). The van der Waals surface area contributed by atoms with Gasteiger partial charge in [-0.25, -0.2) is 9.97 Å². The summed E-state index contributed by atoms with van der Waals surface area (Å²) in [5.74, 6) is 2.41. The van der Waals surface area contributed by atoms with Crippen LogP contribution in [0.5, 0.6) is 5.75 Å². The van der Waals surface area contributed by atoms with Crippen molar-refractivity contribution in [3.8, 4) is 17.0 Å². The number of benzene rings is 1. The number of nitrogens with two attached hydrogens (primary N) is 1. The van der Waals surface area contributed by atoms with E-state index >= 15 is 0 Å². The Kier molecular flexibility index (Phi) is 3.93. The quantitative estimate of drug-likeness (QED) is 0.928. The van der Waals surface area contributed by atoms with E-state index in [4.69, 9.17) is 10.5 Å². The lowest BCUT2D eigenvalue weighted by Crippen LogP contribution is -2.03. The van der Waals surface area contributed by atoms with Crippen LogP contribution in [0.2, 0.25) is 0 Å². The maximum absolute atomic E-state index is 5.90. The Morgan fingerprint density at radius 3 is 2.35 bits per heavy atom. The number of methoxy groups -OCH3 is 1. The molecular weight excluding hydrogens is 250 g/mol. The van der Waals surface area contributed by atoms with Crippen molar-refractivity contribution in [1.29, 1.82) is 0 Å². The molecule has 0 radical (unpaired) electrons. The number of aryl methyl sites for hydroxylation is 2. The van der Waals surface area contributed by atoms with Gasteiger partial charge in [-0.2, -0.15) is 0 Å². The Hall–Kier alpha value is -2.10. The van der Waals surface area contributed by atoms with Crippen LogP contribution in [-0.4, -0.2) is 17.1 Å². The lowest BCUT2D eigenvalue weighted by Gasteiger charge is -2.13. The van der Waals surface area contributed by atoms with Gasteiger partial charge in [0, 0.05) is 17.5 Å². The van der Waals surface area contributed by atoms with E-state index in [1.165, 1.54) is 0 Å². The van der Waals surface area contributed by atoms with Crippen molar-refractivity contribution in [3.05, 3.63) is 35.2 Å². The van der Waals surface area contributed by atoms with Crippen LogP contribution in [0.3, 0.4) is 0 Å². The predicted octanol–water partition coefficient (Wildman–Crippen LogP) is 3.47. The maximum atomic E-state index is 5.90. The lowest BCUT2D eigenvalue weighted by atomic mass is 10.0. The van der Waals surface area contributed by atoms with Crippen molar-refractivity contribution >= 4 is 5.82 Å². The third kappa shape index (κ3) is 2.74. The Balaban J connectivity index is 2.59. The smallest absolute Gasteiger partial charge is 0.133 e. The normalized spacial score (nSPS) is 10.9. The van der Waals surface area contributed by atoms with Gasteiger partial charge in [0.1, 0.15) is 17.4 Å². The molecule has 1 aromatic heterocycles. The van der Waals surface area contributed by atoms with Gasteiger partial charge in [-0.05, 0) is 37.1 Å². The average molecular weight is 271 g/mol. The number of anilines is 1. The summed E-state index contributed by atoms with van der Waals surface area (Å²) in [7, 11) is 1.68. The highest BCUT2D eigenvalue weighted by atomic mass is 16.5. The van der Waals surface area contributed by atoms with Crippen molar-refractivity contribution in [2.24, 2.45) is 0 Å². The fourth-order valence-electron chi connectivity index (χ4n) is 2.17. The summed E-state index contributed by atoms with van der Waals surface area (Å²) >= 11 is 0. The summed E-state index contributed by atoms with van der Waals surface area (Å²) in [4.78, 5) is 8.92. The molecule has 106 valence electrons. The van der Waals surface area contributed by atoms with E-state index in [-0.39, 0.29) is 5.92 Å². The lowest BCUT2D eigenvalue weighted by molar-refractivity contribution is 0.411. The fraction of sp³-hybridized carbons (Fsp3) is 0.375. The molecule has 20 heavy (non-hydrogen) atoms. The molecule has 1 aromatic carbocycles. The van der Waals surface area contributed by atoms with E-state index in [1.807, 2.05) is 26.0 Å². The van der Waals surface area contributed by atoms with Gasteiger partial charge in [-0.15, -0.1) is 0 Å². The van der Waals surface area contributed by atoms with Gasteiger partial charge in [0.25, 0.3) is 0 Å². The molecule has 0 spiro atoms. The van der Waals surface area contributed by atoms with Crippen LogP contribution in [0, 0.1) is 13.8 Å². The second-order valence-corrected chi connectivity index (χ2v) is 5.33. The minimum atomic E-state index is 0.247. The molecule has 1 heterocycles. The Bertz CT molecular complexity index is 636. The molecule has 0 saturated carbocycles. The van der Waals surface area contributed by atoms with E-state index in [0.717, 1.165) is 34.0 Å². The van der Waals surface area contributed by atoms with Crippen LogP contribution in [0.15, 0.2) is 18.2 Å². The molecule has 4 heteroatoms. The van der Waals surface area contributed by atoms with Crippen LogP contribution < -0.4 is 10.5 Å². The Morgan fingerprint density at radius 2 is 1.75 bits per heavy atom. The molecule has 0 aliphatic heterocycles. The van der Waals surface area contributed by atoms with Crippen molar-refractivity contribution < 1.29 is 4.74 Å². The summed E-state index contributed by atoms with van der Waals surface area (Å²) in [5, 5.41) is 0. The predicted molar refractivity (Wildman–Crippen MR) is 82.0 cm³/mol. The molecule has 0 aliphatic rings. The first kappa shape index (κ1) is 14.3. The topological polar surface area (TPSA) is 61.0 Å². The van der Waals surface area contributed by atoms with Gasteiger partial charge >= 0.3 is 0 Å². The molecule has 0 atom stereocenters. The van der Waals surface area contributed by atoms with Crippen LogP contribution in [0.25, 0.3) is 11.3 Å². The highest BCUT2D eigenvalue weighted by Crippen LogP contribution is 2.30. The molecule has 0 amide bonds. The highest BCUT2D eigenvalue weighted by molar-refractivity contribution is 5.68. The third-order valence-corrected chi connectivity index (χ3v) is 3.30. The van der Waals surface area contributed by atoms with Crippen molar-refractivity contribution in [2.45, 2.75) is 33.6 Å². The van der Waals surface area contributed by atoms with Crippen molar-refractivity contribution in [3.63, 3.8) is 0 Å². The number of rotatable bonds is 3. The summed E-state index contributed by atoms with van der Waals surface area (Å²) in [5.41, 5.74) is 10.0. The zero-order valence-corrected chi connectivity index (χ0v) is 12.7. The second kappa shape index (κ2) is 5.49. The standard InChI is InChI=1S/C16H21N3O/c1-9(2)16-18-13(8-15(17)19-16)12-6-11(4)14(20-5)7-10(12)3/h6-9H,1-5H3,(H2,17,18,19). The van der Waals surface area contributed by atoms with E-state index in [1.54, 1.807) is 7.11 Å². The Morgan fingerprint density at radius 1 is 1.05 bits per heavy atom. The second-order valence-electron chi connectivity index (χ2n) is 5.33. The van der Waals surface area contributed by atoms with Crippen molar-refractivity contribution in [2.75, 3.05) is 12.8 Å². The zero-order valence-electron chi connectivity index (χ0n) is 12.7. The molecule has 0 unspecified atom stereocenters. The van der Waals surface area contributed by atoms with Gasteiger partial charge in [0.15, 0.2) is 0 Å². The van der Waals surface area contributed by atoms with Gasteiger partial charge in [-0.1, -0.05) is 13.8 Å². The fourth-order valence-corrected chi connectivity index (χ4v) is 2.17. The van der Waals surface area contributed by atoms with Crippen molar-refractivity contribution in [1.82, 2.24) is 9.97 Å². The van der Waals surface area contributed by atoms with Gasteiger partial charge in [-0.3, -0.25) is 0 Å². The zero-order chi connectivity index (χ0) is 14.9. The number of nitrogen functional groups attached to an aromatic ring is 1. The number of hydrogen-bond donors (Lipinski definition) is 1.